The van der Waals surface area contributed by atoms with Gasteiger partial charge in [0.15, 0.2) is 28.5 Å². The number of fused-ring (bicyclic) bond motifs is 2. The van der Waals surface area contributed by atoms with Crippen molar-refractivity contribution in [3.05, 3.63) is 39.0 Å². The minimum absolute atomic E-state index is 0.0958. The zero-order valence-electron chi connectivity index (χ0n) is 13.9. The topological polar surface area (TPSA) is 101 Å². The first-order valence-electron chi connectivity index (χ1n) is 7.73. The van der Waals surface area contributed by atoms with Crippen LogP contribution in [0.5, 0.6) is 11.5 Å². The Morgan fingerprint density at radius 2 is 1.88 bits per heavy atom. The first kappa shape index (κ1) is 15.3. The Bertz CT molecular complexity index is 1120. The predicted molar refractivity (Wildman–Crippen MR) is 88.8 cm³/mol. The number of rotatable bonds is 2. The van der Waals surface area contributed by atoms with Gasteiger partial charge in [0.1, 0.15) is 0 Å². The van der Waals surface area contributed by atoms with Gasteiger partial charge in [-0.15, -0.1) is 10.2 Å². The predicted octanol–water partition coefficient (Wildman–Crippen LogP) is 0.862. The Morgan fingerprint density at radius 3 is 2.64 bits per heavy atom. The molecule has 128 valence electrons. The Balaban J connectivity index is 1.96. The molecular weight excluding hydrogens is 326 g/mol. The van der Waals surface area contributed by atoms with E-state index in [9.17, 15) is 9.59 Å². The van der Waals surface area contributed by atoms with E-state index in [1.807, 2.05) is 0 Å². The maximum atomic E-state index is 12.7. The van der Waals surface area contributed by atoms with E-state index in [-0.39, 0.29) is 29.8 Å². The van der Waals surface area contributed by atoms with E-state index in [1.165, 1.54) is 4.57 Å². The van der Waals surface area contributed by atoms with E-state index in [2.05, 4.69) is 15.2 Å². The van der Waals surface area contributed by atoms with Crippen LogP contribution in [0.3, 0.4) is 0 Å². The molecule has 0 unspecified atom stereocenters. The van der Waals surface area contributed by atoms with Gasteiger partial charge < -0.3 is 9.47 Å². The number of aromatic nitrogens is 5. The molecule has 3 heterocycles. The number of benzene rings is 1. The molecule has 4 rings (SSSR count). The Morgan fingerprint density at radius 1 is 1.12 bits per heavy atom. The highest BCUT2D eigenvalue weighted by molar-refractivity contribution is 5.72. The van der Waals surface area contributed by atoms with E-state index < -0.39 is 11.2 Å². The van der Waals surface area contributed by atoms with Crippen molar-refractivity contribution in [3.8, 4) is 22.9 Å². The molecule has 25 heavy (non-hydrogen) atoms. The van der Waals surface area contributed by atoms with E-state index in [0.29, 0.717) is 17.1 Å². The SMILES string of the molecule is CC(C)n1c(=O)c2nc(-c3ccc4c(c3)OCO4)nnc2n(C)c1=O. The second-order valence-corrected chi connectivity index (χ2v) is 5.99. The summed E-state index contributed by atoms with van der Waals surface area (Å²) in [5.41, 5.74) is -0.0396. The zero-order valence-corrected chi connectivity index (χ0v) is 13.9. The molecule has 0 amide bonds. The number of hydrogen-bond acceptors (Lipinski definition) is 7. The molecule has 0 spiro atoms. The highest BCUT2D eigenvalue weighted by Gasteiger charge is 2.19. The zero-order chi connectivity index (χ0) is 17.7. The van der Waals surface area contributed by atoms with Gasteiger partial charge in [-0.25, -0.2) is 9.78 Å². The van der Waals surface area contributed by atoms with Gasteiger partial charge in [0, 0.05) is 18.7 Å². The van der Waals surface area contributed by atoms with Gasteiger partial charge in [-0.05, 0) is 32.0 Å². The van der Waals surface area contributed by atoms with Crippen molar-refractivity contribution in [3.63, 3.8) is 0 Å². The summed E-state index contributed by atoms with van der Waals surface area (Å²) in [6, 6.07) is 4.95. The van der Waals surface area contributed by atoms with Crippen LogP contribution in [0.25, 0.3) is 22.6 Å². The Labute approximate surface area is 141 Å². The van der Waals surface area contributed by atoms with Crippen molar-refractivity contribution < 1.29 is 9.47 Å². The molecule has 0 radical (unpaired) electrons. The molecule has 9 heteroatoms. The normalized spacial score (nSPS) is 13.0. The van der Waals surface area contributed by atoms with Gasteiger partial charge in [-0.3, -0.25) is 13.9 Å². The highest BCUT2D eigenvalue weighted by atomic mass is 16.7. The maximum Gasteiger partial charge on any atom is 0.332 e. The first-order chi connectivity index (χ1) is 12.0. The largest absolute Gasteiger partial charge is 0.454 e. The van der Waals surface area contributed by atoms with Crippen molar-refractivity contribution in [2.45, 2.75) is 19.9 Å². The fourth-order valence-corrected chi connectivity index (χ4v) is 2.76. The molecule has 1 aliphatic rings. The molecule has 0 N–H and O–H groups in total. The molecule has 1 aliphatic heterocycles. The van der Waals surface area contributed by atoms with Crippen LogP contribution < -0.4 is 20.7 Å². The number of ether oxygens (including phenoxy) is 2. The van der Waals surface area contributed by atoms with Crippen LogP contribution in [-0.4, -0.2) is 31.1 Å². The second kappa shape index (κ2) is 5.40. The molecule has 0 saturated carbocycles. The lowest BCUT2D eigenvalue weighted by Gasteiger charge is -2.12. The van der Waals surface area contributed by atoms with E-state index in [0.717, 1.165) is 4.57 Å². The summed E-state index contributed by atoms with van der Waals surface area (Å²) >= 11 is 0. The van der Waals surface area contributed by atoms with Crippen LogP contribution in [-0.2, 0) is 7.05 Å². The fraction of sp³-hybridized carbons (Fsp3) is 0.312. The molecule has 1 aromatic carbocycles. The lowest BCUT2D eigenvalue weighted by molar-refractivity contribution is 0.174. The van der Waals surface area contributed by atoms with Crippen molar-refractivity contribution in [2.75, 3.05) is 6.79 Å². The Kier molecular flexibility index (Phi) is 3.31. The van der Waals surface area contributed by atoms with Crippen LogP contribution >= 0.6 is 0 Å². The van der Waals surface area contributed by atoms with Gasteiger partial charge in [0.05, 0.1) is 0 Å². The van der Waals surface area contributed by atoms with Crippen molar-refractivity contribution in [2.24, 2.45) is 7.05 Å². The highest BCUT2D eigenvalue weighted by Crippen LogP contribution is 2.34. The summed E-state index contributed by atoms with van der Waals surface area (Å²) in [6.07, 6.45) is 0. The third-order valence-electron chi connectivity index (χ3n) is 4.05. The minimum Gasteiger partial charge on any atom is -0.454 e. The molecule has 0 atom stereocenters. The lowest BCUT2D eigenvalue weighted by Crippen LogP contribution is -2.41. The lowest BCUT2D eigenvalue weighted by atomic mass is 10.2. The number of aryl methyl sites for hydroxylation is 1. The maximum absolute atomic E-state index is 12.7. The van der Waals surface area contributed by atoms with Crippen molar-refractivity contribution in [1.29, 1.82) is 0 Å². The summed E-state index contributed by atoms with van der Waals surface area (Å²) in [4.78, 5) is 29.4. The van der Waals surface area contributed by atoms with Gasteiger partial charge in [-0.1, -0.05) is 0 Å². The summed E-state index contributed by atoms with van der Waals surface area (Å²) in [6.45, 7) is 3.70. The molecule has 0 aliphatic carbocycles. The van der Waals surface area contributed by atoms with E-state index in [1.54, 1.807) is 39.1 Å². The van der Waals surface area contributed by atoms with Crippen molar-refractivity contribution >= 4 is 11.2 Å². The standard InChI is InChI=1S/C16H15N5O4/c1-8(2)21-15(22)12-14(20(3)16(21)23)19-18-13(17-12)9-4-5-10-11(6-9)25-7-24-10/h4-6,8H,7H2,1-3H3. The van der Waals surface area contributed by atoms with Gasteiger partial charge >= 0.3 is 5.69 Å². The molecule has 0 bridgehead atoms. The molecule has 0 saturated heterocycles. The van der Waals surface area contributed by atoms with E-state index >= 15 is 0 Å². The third kappa shape index (κ3) is 2.27. The average Bonchev–Trinajstić information content (AvgIpc) is 3.07. The van der Waals surface area contributed by atoms with Gasteiger partial charge in [0.25, 0.3) is 5.56 Å². The summed E-state index contributed by atoms with van der Waals surface area (Å²) in [5, 5.41) is 8.09. The van der Waals surface area contributed by atoms with Crippen LogP contribution in [0.1, 0.15) is 19.9 Å². The van der Waals surface area contributed by atoms with Crippen LogP contribution in [0.15, 0.2) is 27.8 Å². The molecule has 2 aromatic heterocycles. The first-order valence-corrected chi connectivity index (χ1v) is 7.73. The average molecular weight is 341 g/mol. The molecule has 0 fully saturated rings. The van der Waals surface area contributed by atoms with Gasteiger partial charge in [-0.2, -0.15) is 0 Å². The smallest absolute Gasteiger partial charge is 0.332 e. The fourth-order valence-electron chi connectivity index (χ4n) is 2.76. The minimum atomic E-state index is -0.481. The summed E-state index contributed by atoms with van der Waals surface area (Å²) < 4.78 is 13.1. The molecule has 3 aromatic rings. The monoisotopic (exact) mass is 341 g/mol. The van der Waals surface area contributed by atoms with Crippen LogP contribution in [0.2, 0.25) is 0 Å². The quantitative estimate of drug-likeness (QED) is 0.681. The van der Waals surface area contributed by atoms with Crippen LogP contribution in [0.4, 0.5) is 0 Å². The summed E-state index contributed by atoms with van der Waals surface area (Å²) in [7, 11) is 1.54. The van der Waals surface area contributed by atoms with Gasteiger partial charge in [0.2, 0.25) is 6.79 Å². The number of hydrogen-bond donors (Lipinski definition) is 0. The summed E-state index contributed by atoms with van der Waals surface area (Å²) in [5.74, 6) is 1.50. The second-order valence-electron chi connectivity index (χ2n) is 5.99. The van der Waals surface area contributed by atoms with Crippen molar-refractivity contribution in [1.82, 2.24) is 24.3 Å². The Hall–Kier alpha value is -3.23. The third-order valence-corrected chi connectivity index (χ3v) is 4.05. The number of nitrogens with zero attached hydrogens (tertiary/aromatic N) is 5. The molecule has 9 nitrogen and oxygen atoms in total. The van der Waals surface area contributed by atoms with Crippen LogP contribution in [0, 0.1) is 0 Å². The molecular formula is C16H15N5O4. The van der Waals surface area contributed by atoms with E-state index in [4.69, 9.17) is 9.47 Å².